The molecule has 0 aromatic heterocycles. The molecule has 1 heterocycles. The Labute approximate surface area is 94.5 Å². The Hall–Kier alpha value is 0.650. The van der Waals surface area contributed by atoms with Gasteiger partial charge in [0.25, 0.3) is 0 Å². The van der Waals surface area contributed by atoms with E-state index in [9.17, 15) is 0 Å². The summed E-state index contributed by atoms with van der Waals surface area (Å²) in [5.41, 5.74) is 0.208. The summed E-state index contributed by atoms with van der Waals surface area (Å²) in [5, 5.41) is 0. The van der Waals surface area contributed by atoms with Crippen LogP contribution in [0.3, 0.4) is 0 Å². The van der Waals surface area contributed by atoms with Crippen molar-refractivity contribution in [3.05, 3.63) is 0 Å². The molecule has 0 unspecified atom stereocenters. The Balaban J connectivity index is 2.11. The summed E-state index contributed by atoms with van der Waals surface area (Å²) in [6, 6.07) is 0. The first-order valence-corrected chi connectivity index (χ1v) is 6.46. The zero-order valence-corrected chi connectivity index (χ0v) is 10.7. The third-order valence-electron chi connectivity index (χ3n) is 2.14. The summed E-state index contributed by atoms with van der Waals surface area (Å²) in [7, 11) is 0. The molecular formula is C10H19IO2. The lowest BCUT2D eigenvalue weighted by Gasteiger charge is -2.34. The summed E-state index contributed by atoms with van der Waals surface area (Å²) in [5.74, 6) is 0. The van der Waals surface area contributed by atoms with E-state index in [1.807, 2.05) is 0 Å². The van der Waals surface area contributed by atoms with E-state index in [2.05, 4.69) is 36.4 Å². The molecule has 0 radical (unpaired) electrons. The number of unbranched alkanes of at least 4 members (excludes halogenated alkanes) is 1. The summed E-state index contributed by atoms with van der Waals surface area (Å²) >= 11 is 2.41. The van der Waals surface area contributed by atoms with Crippen LogP contribution in [0, 0.1) is 5.41 Å². The van der Waals surface area contributed by atoms with Gasteiger partial charge in [-0.1, -0.05) is 36.4 Å². The first kappa shape index (κ1) is 11.7. The molecule has 0 spiro atoms. The van der Waals surface area contributed by atoms with Gasteiger partial charge in [-0.15, -0.1) is 0 Å². The molecule has 1 aliphatic rings. The number of halogens is 1. The third kappa shape index (κ3) is 4.61. The largest absolute Gasteiger partial charge is 0.352 e. The Bertz CT molecular complexity index is 138. The Morgan fingerprint density at radius 3 is 2.38 bits per heavy atom. The minimum atomic E-state index is 0.0657. The molecule has 1 aliphatic heterocycles. The van der Waals surface area contributed by atoms with Crippen LogP contribution < -0.4 is 0 Å². The predicted molar refractivity (Wildman–Crippen MR) is 62.2 cm³/mol. The molecule has 0 bridgehead atoms. The number of alkyl halides is 1. The van der Waals surface area contributed by atoms with E-state index in [1.54, 1.807) is 0 Å². The van der Waals surface area contributed by atoms with Crippen LogP contribution in [0.15, 0.2) is 0 Å². The highest BCUT2D eigenvalue weighted by molar-refractivity contribution is 14.1. The lowest BCUT2D eigenvalue weighted by atomic mass is 9.95. The highest BCUT2D eigenvalue weighted by Gasteiger charge is 2.27. The van der Waals surface area contributed by atoms with E-state index >= 15 is 0 Å². The van der Waals surface area contributed by atoms with Crippen molar-refractivity contribution in [2.75, 3.05) is 17.6 Å². The van der Waals surface area contributed by atoms with Gasteiger partial charge in [0.1, 0.15) is 0 Å². The number of hydrogen-bond acceptors (Lipinski definition) is 2. The Morgan fingerprint density at radius 2 is 1.85 bits per heavy atom. The average molecular weight is 298 g/mol. The quantitative estimate of drug-likeness (QED) is 0.451. The first-order valence-electron chi connectivity index (χ1n) is 4.93. The molecule has 0 aliphatic carbocycles. The van der Waals surface area contributed by atoms with Gasteiger partial charge in [-0.2, -0.15) is 0 Å². The summed E-state index contributed by atoms with van der Waals surface area (Å²) in [6.45, 7) is 6.02. The van der Waals surface area contributed by atoms with Gasteiger partial charge in [0, 0.05) is 5.41 Å². The predicted octanol–water partition coefficient (Wildman–Crippen LogP) is 2.99. The maximum Gasteiger partial charge on any atom is 0.157 e. The van der Waals surface area contributed by atoms with Crippen LogP contribution in [0.1, 0.15) is 33.1 Å². The summed E-state index contributed by atoms with van der Waals surface area (Å²) < 4.78 is 12.5. The minimum Gasteiger partial charge on any atom is -0.352 e. The molecule has 1 rings (SSSR count). The lowest BCUT2D eigenvalue weighted by molar-refractivity contribution is -0.224. The SMILES string of the molecule is CC1(C)COC(CCCCI)OC1. The summed E-state index contributed by atoms with van der Waals surface area (Å²) in [6.07, 6.45) is 3.61. The van der Waals surface area contributed by atoms with E-state index in [0.29, 0.717) is 0 Å². The zero-order valence-electron chi connectivity index (χ0n) is 8.51. The van der Waals surface area contributed by atoms with Gasteiger partial charge in [0.2, 0.25) is 0 Å². The number of ether oxygens (including phenoxy) is 2. The number of hydrogen-bond donors (Lipinski definition) is 0. The fourth-order valence-electron chi connectivity index (χ4n) is 1.30. The van der Waals surface area contributed by atoms with Gasteiger partial charge in [-0.25, -0.2) is 0 Å². The van der Waals surface area contributed by atoms with Crippen LogP contribution in [0.25, 0.3) is 0 Å². The maximum atomic E-state index is 5.62. The second-order valence-corrected chi connectivity index (χ2v) is 5.48. The van der Waals surface area contributed by atoms with Gasteiger partial charge in [0.15, 0.2) is 6.29 Å². The van der Waals surface area contributed by atoms with Crippen molar-refractivity contribution in [2.24, 2.45) is 5.41 Å². The highest BCUT2D eigenvalue weighted by Crippen LogP contribution is 2.24. The minimum absolute atomic E-state index is 0.0657. The third-order valence-corrected chi connectivity index (χ3v) is 2.91. The lowest BCUT2D eigenvalue weighted by Crippen LogP contribution is -2.37. The van der Waals surface area contributed by atoms with Crippen molar-refractivity contribution in [3.63, 3.8) is 0 Å². The molecule has 0 aromatic carbocycles. The summed E-state index contributed by atoms with van der Waals surface area (Å²) in [4.78, 5) is 0. The van der Waals surface area contributed by atoms with E-state index in [0.717, 1.165) is 19.6 Å². The standard InChI is InChI=1S/C10H19IO2/c1-10(2)7-12-9(13-8-10)5-3-4-6-11/h9H,3-8H2,1-2H3. The van der Waals surface area contributed by atoms with Crippen LogP contribution in [0.2, 0.25) is 0 Å². The van der Waals surface area contributed by atoms with Crippen molar-refractivity contribution in [3.8, 4) is 0 Å². The second-order valence-electron chi connectivity index (χ2n) is 4.40. The zero-order chi connectivity index (χ0) is 9.73. The monoisotopic (exact) mass is 298 g/mol. The van der Waals surface area contributed by atoms with Crippen LogP contribution in [0.5, 0.6) is 0 Å². The van der Waals surface area contributed by atoms with Crippen molar-refractivity contribution in [2.45, 2.75) is 39.4 Å². The molecule has 0 saturated carbocycles. The molecule has 78 valence electrons. The molecule has 0 N–H and O–H groups in total. The van der Waals surface area contributed by atoms with E-state index in [1.165, 1.54) is 17.3 Å². The van der Waals surface area contributed by atoms with Crippen LogP contribution in [-0.4, -0.2) is 23.9 Å². The van der Waals surface area contributed by atoms with E-state index < -0.39 is 0 Å². The molecule has 2 nitrogen and oxygen atoms in total. The molecular weight excluding hydrogens is 279 g/mol. The Morgan fingerprint density at radius 1 is 1.23 bits per heavy atom. The van der Waals surface area contributed by atoms with Crippen molar-refractivity contribution < 1.29 is 9.47 Å². The van der Waals surface area contributed by atoms with Gasteiger partial charge >= 0.3 is 0 Å². The first-order chi connectivity index (χ1) is 6.14. The second kappa shape index (κ2) is 5.51. The maximum absolute atomic E-state index is 5.62. The van der Waals surface area contributed by atoms with E-state index in [4.69, 9.17) is 9.47 Å². The number of rotatable bonds is 4. The topological polar surface area (TPSA) is 18.5 Å². The van der Waals surface area contributed by atoms with Crippen LogP contribution in [-0.2, 0) is 9.47 Å². The molecule has 0 aromatic rings. The van der Waals surface area contributed by atoms with Crippen LogP contribution >= 0.6 is 22.6 Å². The van der Waals surface area contributed by atoms with Crippen molar-refractivity contribution in [1.29, 1.82) is 0 Å². The smallest absolute Gasteiger partial charge is 0.157 e. The molecule has 1 saturated heterocycles. The normalized spacial score (nSPS) is 23.3. The molecule has 3 heteroatoms. The molecule has 13 heavy (non-hydrogen) atoms. The highest BCUT2D eigenvalue weighted by atomic mass is 127. The fourth-order valence-corrected chi connectivity index (χ4v) is 1.84. The van der Waals surface area contributed by atoms with Gasteiger partial charge in [-0.3, -0.25) is 0 Å². The molecule has 0 atom stereocenters. The van der Waals surface area contributed by atoms with E-state index in [-0.39, 0.29) is 11.7 Å². The van der Waals surface area contributed by atoms with Crippen LogP contribution in [0.4, 0.5) is 0 Å². The molecule has 1 fully saturated rings. The average Bonchev–Trinajstić information content (AvgIpc) is 2.08. The van der Waals surface area contributed by atoms with Gasteiger partial charge < -0.3 is 9.47 Å². The Kier molecular flexibility index (Phi) is 4.97. The van der Waals surface area contributed by atoms with Gasteiger partial charge in [-0.05, 0) is 23.7 Å². The molecule has 0 amide bonds. The van der Waals surface area contributed by atoms with Crippen molar-refractivity contribution in [1.82, 2.24) is 0 Å². The van der Waals surface area contributed by atoms with Gasteiger partial charge in [0.05, 0.1) is 13.2 Å². The fraction of sp³-hybridized carbons (Fsp3) is 1.00. The van der Waals surface area contributed by atoms with Crippen molar-refractivity contribution >= 4 is 22.6 Å².